The lowest BCUT2D eigenvalue weighted by Crippen LogP contribution is -2.02. The summed E-state index contributed by atoms with van der Waals surface area (Å²) in [5.41, 5.74) is 0.907. The van der Waals surface area contributed by atoms with Crippen molar-refractivity contribution >= 4 is 51.6 Å². The zero-order valence-corrected chi connectivity index (χ0v) is 16.0. The summed E-state index contributed by atoms with van der Waals surface area (Å²) in [5.74, 6) is 1.22. The summed E-state index contributed by atoms with van der Waals surface area (Å²) in [6.07, 6.45) is 0. The molecule has 0 saturated heterocycles. The second-order valence-corrected chi connectivity index (χ2v) is 7.12. The van der Waals surface area contributed by atoms with Gasteiger partial charge in [0.1, 0.15) is 11.5 Å². The molecule has 0 fully saturated rings. The number of halogens is 3. The maximum atomic E-state index is 12.5. The lowest BCUT2D eigenvalue weighted by atomic mass is 10.0. The average molecular weight is 469 g/mol. The van der Waals surface area contributed by atoms with Gasteiger partial charge in [-0.25, -0.2) is 0 Å². The topological polar surface area (TPSA) is 26.3 Å². The molecular formula is C19H11Cl2IO2. The van der Waals surface area contributed by atoms with Crippen LogP contribution in [0, 0.1) is 3.57 Å². The van der Waals surface area contributed by atoms with E-state index in [2.05, 4.69) is 22.6 Å². The molecule has 0 radical (unpaired) electrons. The number of rotatable bonds is 4. The molecule has 3 aromatic carbocycles. The van der Waals surface area contributed by atoms with Gasteiger partial charge in [0.15, 0.2) is 5.78 Å². The van der Waals surface area contributed by atoms with Crippen molar-refractivity contribution in [3.8, 4) is 11.5 Å². The highest BCUT2D eigenvalue weighted by Gasteiger charge is 2.13. The van der Waals surface area contributed by atoms with Gasteiger partial charge in [-0.2, -0.15) is 0 Å². The molecule has 120 valence electrons. The molecule has 0 aliphatic carbocycles. The average Bonchev–Trinajstić information content (AvgIpc) is 2.59. The maximum absolute atomic E-state index is 12.5. The summed E-state index contributed by atoms with van der Waals surface area (Å²) < 4.78 is 6.89. The van der Waals surface area contributed by atoms with Gasteiger partial charge in [0, 0.05) is 19.7 Å². The van der Waals surface area contributed by atoms with E-state index in [-0.39, 0.29) is 5.78 Å². The van der Waals surface area contributed by atoms with Crippen molar-refractivity contribution in [3.63, 3.8) is 0 Å². The third-order valence-corrected chi connectivity index (χ3v) is 4.62. The van der Waals surface area contributed by atoms with Crippen LogP contribution >= 0.6 is 45.8 Å². The molecule has 0 bridgehead atoms. The number of carbonyl (C=O) groups is 1. The van der Waals surface area contributed by atoms with Crippen LogP contribution in [0.15, 0.2) is 66.7 Å². The van der Waals surface area contributed by atoms with E-state index in [4.69, 9.17) is 27.9 Å². The molecule has 3 aromatic rings. The molecule has 0 aromatic heterocycles. The first kappa shape index (κ1) is 17.3. The van der Waals surface area contributed by atoms with E-state index in [1.54, 1.807) is 42.5 Å². The zero-order chi connectivity index (χ0) is 17.1. The van der Waals surface area contributed by atoms with E-state index < -0.39 is 0 Å². The zero-order valence-electron chi connectivity index (χ0n) is 12.3. The van der Waals surface area contributed by atoms with Gasteiger partial charge in [-0.3, -0.25) is 4.79 Å². The fourth-order valence-corrected chi connectivity index (χ4v) is 2.88. The Bertz CT molecular complexity index is 875. The lowest BCUT2D eigenvalue weighted by Gasteiger charge is -2.08. The molecule has 24 heavy (non-hydrogen) atoms. The van der Waals surface area contributed by atoms with E-state index in [0.29, 0.717) is 26.9 Å². The van der Waals surface area contributed by atoms with Gasteiger partial charge in [-0.05, 0) is 89.3 Å². The van der Waals surface area contributed by atoms with Gasteiger partial charge in [0.2, 0.25) is 0 Å². The van der Waals surface area contributed by atoms with Crippen LogP contribution in [0.25, 0.3) is 0 Å². The summed E-state index contributed by atoms with van der Waals surface area (Å²) in [4.78, 5) is 12.5. The molecule has 0 saturated carbocycles. The SMILES string of the molecule is O=C(c1ccc(Oc2ccc(I)cc2)cc1)c1cc(Cl)ccc1Cl. The number of ether oxygens (including phenoxy) is 1. The molecule has 0 heterocycles. The van der Waals surface area contributed by atoms with Gasteiger partial charge >= 0.3 is 0 Å². The van der Waals surface area contributed by atoms with E-state index in [1.165, 1.54) is 0 Å². The van der Waals surface area contributed by atoms with Crippen LogP contribution < -0.4 is 4.74 Å². The minimum Gasteiger partial charge on any atom is -0.457 e. The van der Waals surface area contributed by atoms with E-state index in [9.17, 15) is 4.79 Å². The van der Waals surface area contributed by atoms with Crippen LogP contribution in [0.5, 0.6) is 11.5 Å². The standard InChI is InChI=1S/C19H11Cl2IO2/c20-13-3-10-18(21)17(11-13)19(23)12-1-6-15(7-2-12)24-16-8-4-14(22)5-9-16/h1-11H. The fourth-order valence-electron chi connectivity index (χ4n) is 2.14. The fraction of sp³-hybridized carbons (Fsp3) is 0. The van der Waals surface area contributed by atoms with Gasteiger partial charge in [0.05, 0.1) is 5.02 Å². The summed E-state index contributed by atoms with van der Waals surface area (Å²) >= 11 is 14.3. The van der Waals surface area contributed by atoms with E-state index in [0.717, 1.165) is 9.32 Å². The van der Waals surface area contributed by atoms with Gasteiger partial charge < -0.3 is 4.74 Å². The van der Waals surface area contributed by atoms with Gasteiger partial charge in [0.25, 0.3) is 0 Å². The summed E-state index contributed by atoms with van der Waals surface area (Å²) in [6.45, 7) is 0. The largest absolute Gasteiger partial charge is 0.457 e. The first-order valence-corrected chi connectivity index (χ1v) is 8.89. The molecule has 0 atom stereocenters. The van der Waals surface area contributed by atoms with Crippen LogP contribution in [0.4, 0.5) is 0 Å². The normalized spacial score (nSPS) is 10.5. The first-order chi connectivity index (χ1) is 11.5. The molecule has 0 aliphatic heterocycles. The highest BCUT2D eigenvalue weighted by Crippen LogP contribution is 2.26. The highest BCUT2D eigenvalue weighted by atomic mass is 127. The Hall–Kier alpha value is -1.56. The van der Waals surface area contributed by atoms with Crippen molar-refractivity contribution in [3.05, 3.63) is 91.5 Å². The Kier molecular flexibility index (Phi) is 5.43. The van der Waals surface area contributed by atoms with Crippen molar-refractivity contribution in [2.45, 2.75) is 0 Å². The Morgan fingerprint density at radius 3 is 2.04 bits per heavy atom. The summed E-state index contributed by atoms with van der Waals surface area (Å²) in [7, 11) is 0. The minimum atomic E-state index is -0.177. The number of hydrogen-bond acceptors (Lipinski definition) is 2. The van der Waals surface area contributed by atoms with Crippen LogP contribution in [0.1, 0.15) is 15.9 Å². The van der Waals surface area contributed by atoms with E-state index in [1.807, 2.05) is 24.3 Å². The number of hydrogen-bond donors (Lipinski definition) is 0. The number of ketones is 1. The van der Waals surface area contributed by atoms with Crippen LogP contribution in [-0.4, -0.2) is 5.78 Å². The van der Waals surface area contributed by atoms with Gasteiger partial charge in [-0.15, -0.1) is 0 Å². The van der Waals surface area contributed by atoms with Crippen molar-refractivity contribution in [2.24, 2.45) is 0 Å². The second-order valence-electron chi connectivity index (χ2n) is 5.03. The Labute approximate surface area is 163 Å². The predicted molar refractivity (Wildman–Crippen MR) is 106 cm³/mol. The second kappa shape index (κ2) is 7.55. The maximum Gasteiger partial charge on any atom is 0.194 e. The molecule has 0 N–H and O–H groups in total. The Morgan fingerprint density at radius 1 is 0.833 bits per heavy atom. The summed E-state index contributed by atoms with van der Waals surface area (Å²) in [5, 5.41) is 0.852. The van der Waals surface area contributed by atoms with Crippen LogP contribution in [0.3, 0.4) is 0 Å². The predicted octanol–water partition coefficient (Wildman–Crippen LogP) is 6.62. The molecule has 2 nitrogen and oxygen atoms in total. The Balaban J connectivity index is 1.80. The van der Waals surface area contributed by atoms with Crippen molar-refractivity contribution in [1.29, 1.82) is 0 Å². The molecule has 0 aliphatic rings. The number of benzene rings is 3. The highest BCUT2D eigenvalue weighted by molar-refractivity contribution is 14.1. The van der Waals surface area contributed by atoms with Crippen molar-refractivity contribution in [2.75, 3.05) is 0 Å². The third-order valence-electron chi connectivity index (χ3n) is 3.34. The van der Waals surface area contributed by atoms with Crippen molar-refractivity contribution in [1.82, 2.24) is 0 Å². The minimum absolute atomic E-state index is 0.177. The van der Waals surface area contributed by atoms with Crippen LogP contribution in [0.2, 0.25) is 10.0 Å². The van der Waals surface area contributed by atoms with Crippen molar-refractivity contribution < 1.29 is 9.53 Å². The Morgan fingerprint density at radius 2 is 1.42 bits per heavy atom. The molecular weight excluding hydrogens is 458 g/mol. The first-order valence-electron chi connectivity index (χ1n) is 7.06. The molecule has 0 amide bonds. The smallest absolute Gasteiger partial charge is 0.194 e. The molecule has 0 unspecified atom stereocenters. The molecule has 3 rings (SSSR count). The van der Waals surface area contributed by atoms with Gasteiger partial charge in [-0.1, -0.05) is 23.2 Å². The monoisotopic (exact) mass is 468 g/mol. The van der Waals surface area contributed by atoms with Crippen LogP contribution in [-0.2, 0) is 0 Å². The molecule has 5 heteroatoms. The number of carbonyl (C=O) groups excluding carboxylic acids is 1. The molecule has 0 spiro atoms. The quantitative estimate of drug-likeness (QED) is 0.317. The summed E-state index contributed by atoms with van der Waals surface area (Å²) in [6, 6.07) is 19.5. The van der Waals surface area contributed by atoms with E-state index >= 15 is 0 Å². The third kappa shape index (κ3) is 4.09. The lowest BCUT2D eigenvalue weighted by molar-refractivity contribution is 0.103.